The van der Waals surface area contributed by atoms with Crippen molar-refractivity contribution in [1.82, 2.24) is 5.43 Å². The number of hydrogen-bond donors (Lipinski definition) is 2. The minimum atomic E-state index is 0.257. The quantitative estimate of drug-likeness (QED) is 0.650. The van der Waals surface area contributed by atoms with Crippen molar-refractivity contribution in [2.24, 2.45) is 5.84 Å². The third kappa shape index (κ3) is 4.16. The van der Waals surface area contributed by atoms with Crippen molar-refractivity contribution in [2.45, 2.75) is 46.6 Å². The molecule has 0 radical (unpaired) electrons. The summed E-state index contributed by atoms with van der Waals surface area (Å²) in [7, 11) is 0. The van der Waals surface area contributed by atoms with Crippen LogP contribution in [-0.2, 0) is 12.8 Å². The van der Waals surface area contributed by atoms with E-state index in [1.54, 1.807) is 0 Å². The van der Waals surface area contributed by atoms with Gasteiger partial charge in [0.25, 0.3) is 0 Å². The monoisotopic (exact) mass is 282 g/mol. The number of nitrogens with two attached hydrogens (primary N) is 1. The normalized spacial score (nSPS) is 12.4. The van der Waals surface area contributed by atoms with Crippen LogP contribution < -0.4 is 11.3 Å². The molecular formula is C19H26N2. The van der Waals surface area contributed by atoms with Crippen molar-refractivity contribution in [2.75, 3.05) is 0 Å². The van der Waals surface area contributed by atoms with E-state index >= 15 is 0 Å². The summed E-state index contributed by atoms with van der Waals surface area (Å²) in [6.45, 7) is 8.61. The summed E-state index contributed by atoms with van der Waals surface area (Å²) in [4.78, 5) is 0. The molecule has 2 aromatic carbocycles. The molecule has 0 fully saturated rings. The van der Waals surface area contributed by atoms with Gasteiger partial charge in [0.05, 0.1) is 0 Å². The number of rotatable bonds is 5. The number of hydrogen-bond acceptors (Lipinski definition) is 2. The molecule has 0 spiro atoms. The Labute approximate surface area is 128 Å². The third-order valence-electron chi connectivity index (χ3n) is 4.26. The fourth-order valence-corrected chi connectivity index (χ4v) is 2.69. The van der Waals surface area contributed by atoms with Gasteiger partial charge in [-0.1, -0.05) is 42.0 Å². The van der Waals surface area contributed by atoms with E-state index in [-0.39, 0.29) is 6.04 Å². The molecule has 0 saturated carbocycles. The molecule has 0 aliphatic heterocycles. The highest BCUT2D eigenvalue weighted by molar-refractivity contribution is 5.33. The zero-order valence-electron chi connectivity index (χ0n) is 13.5. The lowest BCUT2D eigenvalue weighted by atomic mass is 9.94. The van der Waals surface area contributed by atoms with E-state index in [1.165, 1.54) is 33.4 Å². The average molecular weight is 282 g/mol. The zero-order valence-corrected chi connectivity index (χ0v) is 13.5. The van der Waals surface area contributed by atoms with Crippen LogP contribution in [0.4, 0.5) is 0 Å². The van der Waals surface area contributed by atoms with Crippen LogP contribution in [0.1, 0.15) is 33.4 Å². The predicted molar refractivity (Wildman–Crippen MR) is 90.4 cm³/mol. The van der Waals surface area contributed by atoms with Gasteiger partial charge in [-0.25, -0.2) is 0 Å². The van der Waals surface area contributed by atoms with Crippen molar-refractivity contribution < 1.29 is 0 Å². The van der Waals surface area contributed by atoms with E-state index in [0.717, 1.165) is 12.8 Å². The summed E-state index contributed by atoms with van der Waals surface area (Å²) < 4.78 is 0. The number of benzene rings is 2. The Morgan fingerprint density at radius 1 is 0.857 bits per heavy atom. The van der Waals surface area contributed by atoms with Crippen molar-refractivity contribution in [3.8, 4) is 0 Å². The van der Waals surface area contributed by atoms with Gasteiger partial charge in [-0.05, 0) is 68.4 Å². The molecule has 0 bridgehead atoms. The molecule has 3 N–H and O–H groups in total. The van der Waals surface area contributed by atoms with E-state index in [9.17, 15) is 0 Å². The molecule has 2 rings (SSSR count). The average Bonchev–Trinajstić information content (AvgIpc) is 2.46. The van der Waals surface area contributed by atoms with Gasteiger partial charge in [-0.2, -0.15) is 0 Å². The fourth-order valence-electron chi connectivity index (χ4n) is 2.69. The molecule has 0 aliphatic carbocycles. The molecule has 0 aliphatic rings. The van der Waals surface area contributed by atoms with Crippen molar-refractivity contribution in [1.29, 1.82) is 0 Å². The second-order valence-corrected chi connectivity index (χ2v) is 6.12. The molecule has 0 saturated heterocycles. The van der Waals surface area contributed by atoms with Gasteiger partial charge in [-0.3, -0.25) is 11.3 Å². The second-order valence-electron chi connectivity index (χ2n) is 6.12. The minimum absolute atomic E-state index is 0.257. The maximum Gasteiger partial charge on any atom is 0.0291 e. The summed E-state index contributed by atoms with van der Waals surface area (Å²) in [6, 6.07) is 13.5. The van der Waals surface area contributed by atoms with Crippen molar-refractivity contribution >= 4 is 0 Å². The molecule has 0 heterocycles. The molecule has 1 atom stereocenters. The standard InChI is InChI=1S/C19H26N2/c1-13-5-6-15(3)18(9-13)12-19(21-20)11-17-8-7-14(2)16(4)10-17/h5-10,19,21H,11-12,20H2,1-4H3. The fraction of sp³-hybridized carbons (Fsp3) is 0.368. The van der Waals surface area contributed by atoms with Gasteiger partial charge >= 0.3 is 0 Å². The summed E-state index contributed by atoms with van der Waals surface area (Å²) in [5.41, 5.74) is 11.0. The zero-order chi connectivity index (χ0) is 15.4. The van der Waals surface area contributed by atoms with Crippen molar-refractivity contribution in [3.63, 3.8) is 0 Å². The summed E-state index contributed by atoms with van der Waals surface area (Å²) in [6.07, 6.45) is 1.90. The Hall–Kier alpha value is -1.64. The van der Waals surface area contributed by atoms with Crippen LogP contribution in [0.3, 0.4) is 0 Å². The lowest BCUT2D eigenvalue weighted by Gasteiger charge is -2.18. The highest BCUT2D eigenvalue weighted by Crippen LogP contribution is 2.16. The van der Waals surface area contributed by atoms with Crippen LogP contribution in [0.25, 0.3) is 0 Å². The molecule has 0 aromatic heterocycles. The van der Waals surface area contributed by atoms with Gasteiger partial charge in [0.15, 0.2) is 0 Å². The van der Waals surface area contributed by atoms with Gasteiger partial charge in [0.2, 0.25) is 0 Å². The minimum Gasteiger partial charge on any atom is -0.271 e. The number of hydrazine groups is 1. The van der Waals surface area contributed by atoms with E-state index in [4.69, 9.17) is 5.84 Å². The molecular weight excluding hydrogens is 256 g/mol. The summed E-state index contributed by atoms with van der Waals surface area (Å²) >= 11 is 0. The Morgan fingerprint density at radius 2 is 1.57 bits per heavy atom. The molecule has 112 valence electrons. The first-order valence-corrected chi connectivity index (χ1v) is 7.58. The molecule has 21 heavy (non-hydrogen) atoms. The highest BCUT2D eigenvalue weighted by atomic mass is 15.2. The second kappa shape index (κ2) is 6.88. The lowest BCUT2D eigenvalue weighted by Crippen LogP contribution is -2.38. The van der Waals surface area contributed by atoms with Gasteiger partial charge < -0.3 is 0 Å². The predicted octanol–water partition coefficient (Wildman–Crippen LogP) is 3.54. The van der Waals surface area contributed by atoms with Crippen LogP contribution in [0.5, 0.6) is 0 Å². The summed E-state index contributed by atoms with van der Waals surface area (Å²) in [5, 5.41) is 0. The lowest BCUT2D eigenvalue weighted by molar-refractivity contribution is 0.521. The van der Waals surface area contributed by atoms with Crippen LogP contribution in [0.2, 0.25) is 0 Å². The first-order chi connectivity index (χ1) is 9.99. The smallest absolute Gasteiger partial charge is 0.0291 e. The Morgan fingerprint density at radius 3 is 2.24 bits per heavy atom. The number of nitrogens with one attached hydrogen (secondary N) is 1. The number of aryl methyl sites for hydroxylation is 4. The Bertz CT molecular complexity index is 617. The van der Waals surface area contributed by atoms with E-state index in [2.05, 4.69) is 69.5 Å². The van der Waals surface area contributed by atoms with E-state index in [0.29, 0.717) is 0 Å². The topological polar surface area (TPSA) is 38.0 Å². The third-order valence-corrected chi connectivity index (χ3v) is 4.26. The van der Waals surface area contributed by atoms with Crippen LogP contribution in [0, 0.1) is 27.7 Å². The van der Waals surface area contributed by atoms with Gasteiger partial charge in [0.1, 0.15) is 0 Å². The van der Waals surface area contributed by atoms with E-state index < -0.39 is 0 Å². The Kier molecular flexibility index (Phi) is 5.16. The highest BCUT2D eigenvalue weighted by Gasteiger charge is 2.11. The molecule has 2 heteroatoms. The maximum atomic E-state index is 5.77. The SMILES string of the molecule is Cc1ccc(C)c(CC(Cc2ccc(C)c(C)c2)NN)c1. The van der Waals surface area contributed by atoms with Gasteiger partial charge in [-0.15, -0.1) is 0 Å². The van der Waals surface area contributed by atoms with E-state index in [1.807, 2.05) is 0 Å². The molecule has 0 amide bonds. The molecule has 2 aromatic rings. The molecule has 2 nitrogen and oxygen atoms in total. The maximum absolute atomic E-state index is 5.77. The first-order valence-electron chi connectivity index (χ1n) is 7.58. The first kappa shape index (κ1) is 15.7. The Balaban J connectivity index is 2.12. The van der Waals surface area contributed by atoms with Crippen LogP contribution >= 0.6 is 0 Å². The van der Waals surface area contributed by atoms with Gasteiger partial charge in [0, 0.05) is 6.04 Å². The van der Waals surface area contributed by atoms with Crippen LogP contribution in [0.15, 0.2) is 36.4 Å². The molecule has 1 unspecified atom stereocenters. The largest absolute Gasteiger partial charge is 0.271 e. The van der Waals surface area contributed by atoms with Crippen molar-refractivity contribution in [3.05, 3.63) is 69.8 Å². The summed E-state index contributed by atoms with van der Waals surface area (Å²) in [5.74, 6) is 5.77. The van der Waals surface area contributed by atoms with Crippen LogP contribution in [-0.4, -0.2) is 6.04 Å².